The molecule has 0 radical (unpaired) electrons. The van der Waals surface area contributed by atoms with Crippen LogP contribution in [0.2, 0.25) is 0 Å². The summed E-state index contributed by atoms with van der Waals surface area (Å²) in [5.74, 6) is 0.107. The van der Waals surface area contributed by atoms with Gasteiger partial charge in [0.25, 0.3) is 0 Å². The van der Waals surface area contributed by atoms with Crippen molar-refractivity contribution in [2.45, 2.75) is 12.8 Å². The van der Waals surface area contributed by atoms with Crippen LogP contribution in [0.4, 0.5) is 0 Å². The van der Waals surface area contributed by atoms with Crippen molar-refractivity contribution in [3.8, 4) is 11.1 Å². The van der Waals surface area contributed by atoms with Crippen molar-refractivity contribution in [3.05, 3.63) is 60.2 Å². The molecular weight excluding hydrogens is 322 g/mol. The minimum atomic E-state index is 0.107. The third-order valence-electron chi connectivity index (χ3n) is 4.99. The predicted molar refractivity (Wildman–Crippen MR) is 107 cm³/mol. The smallest absolute Gasteiger partial charge is 0.224 e. The van der Waals surface area contributed by atoms with Gasteiger partial charge in [0.15, 0.2) is 0 Å². The number of nitrogens with one attached hydrogen (secondary N) is 1. The monoisotopic (exact) mass is 351 g/mol. The lowest BCUT2D eigenvalue weighted by Gasteiger charge is -2.32. The molecule has 3 rings (SSSR count). The summed E-state index contributed by atoms with van der Waals surface area (Å²) in [6.45, 7) is 6.39. The van der Waals surface area contributed by atoms with Gasteiger partial charge in [-0.15, -0.1) is 0 Å². The van der Waals surface area contributed by atoms with Gasteiger partial charge in [-0.3, -0.25) is 4.79 Å². The molecule has 0 aliphatic carbocycles. The lowest BCUT2D eigenvalue weighted by molar-refractivity contribution is -0.120. The zero-order valence-electron chi connectivity index (χ0n) is 15.7. The second-order valence-electron chi connectivity index (χ2n) is 7.09. The van der Waals surface area contributed by atoms with Crippen LogP contribution in [0.1, 0.15) is 12.0 Å². The van der Waals surface area contributed by atoms with Gasteiger partial charge in [0.05, 0.1) is 6.42 Å². The predicted octanol–water partition coefficient (Wildman–Crippen LogP) is 2.65. The van der Waals surface area contributed by atoms with Gasteiger partial charge >= 0.3 is 0 Å². The molecule has 1 fully saturated rings. The third kappa shape index (κ3) is 5.68. The van der Waals surface area contributed by atoms with E-state index in [1.807, 2.05) is 30.3 Å². The molecule has 1 N–H and O–H groups in total. The number of piperazine rings is 1. The Bertz CT molecular complexity index is 676. The van der Waals surface area contributed by atoms with Gasteiger partial charge in [-0.1, -0.05) is 54.6 Å². The molecule has 1 aliphatic rings. The fraction of sp³-hybridized carbons (Fsp3) is 0.409. The largest absolute Gasteiger partial charge is 0.356 e. The lowest BCUT2D eigenvalue weighted by atomic mass is 10.0. The van der Waals surface area contributed by atoms with E-state index in [1.54, 1.807) is 0 Å². The molecule has 0 spiro atoms. The molecule has 26 heavy (non-hydrogen) atoms. The van der Waals surface area contributed by atoms with E-state index in [4.69, 9.17) is 0 Å². The molecule has 138 valence electrons. The normalized spacial score (nSPS) is 15.7. The van der Waals surface area contributed by atoms with Gasteiger partial charge in [0.2, 0.25) is 5.91 Å². The summed E-state index contributed by atoms with van der Waals surface area (Å²) in [7, 11) is 2.17. The number of hydrogen-bond acceptors (Lipinski definition) is 3. The minimum absolute atomic E-state index is 0.107. The first-order chi connectivity index (χ1) is 12.7. The zero-order chi connectivity index (χ0) is 18.2. The average molecular weight is 351 g/mol. The average Bonchev–Trinajstić information content (AvgIpc) is 2.68. The maximum Gasteiger partial charge on any atom is 0.224 e. The molecule has 4 nitrogen and oxygen atoms in total. The second kappa shape index (κ2) is 9.51. The highest BCUT2D eigenvalue weighted by Gasteiger charge is 2.13. The van der Waals surface area contributed by atoms with Gasteiger partial charge in [-0.25, -0.2) is 0 Å². The quantitative estimate of drug-likeness (QED) is 0.779. The van der Waals surface area contributed by atoms with Gasteiger partial charge in [-0.05, 0) is 36.7 Å². The van der Waals surface area contributed by atoms with Crippen molar-refractivity contribution < 1.29 is 4.79 Å². The molecule has 0 saturated carbocycles. The third-order valence-corrected chi connectivity index (χ3v) is 4.99. The molecular formula is C22H29N3O. The molecule has 2 aromatic carbocycles. The highest BCUT2D eigenvalue weighted by atomic mass is 16.1. The Morgan fingerprint density at radius 3 is 2.27 bits per heavy atom. The van der Waals surface area contributed by atoms with Crippen LogP contribution in [0, 0.1) is 0 Å². The summed E-state index contributed by atoms with van der Waals surface area (Å²) < 4.78 is 0. The fourth-order valence-electron chi connectivity index (χ4n) is 3.30. The number of carbonyl (C=O) groups is 1. The van der Waals surface area contributed by atoms with E-state index in [0.717, 1.165) is 51.3 Å². The summed E-state index contributed by atoms with van der Waals surface area (Å²) in [5, 5.41) is 3.05. The summed E-state index contributed by atoms with van der Waals surface area (Å²) in [6, 6.07) is 18.6. The van der Waals surface area contributed by atoms with Crippen molar-refractivity contribution in [1.82, 2.24) is 15.1 Å². The summed E-state index contributed by atoms with van der Waals surface area (Å²) in [6.07, 6.45) is 1.46. The summed E-state index contributed by atoms with van der Waals surface area (Å²) >= 11 is 0. The standard InChI is InChI=1S/C22H29N3O/c1-24-14-16-25(17-15-24)13-5-12-23-22(26)18-19-8-10-21(11-9-19)20-6-3-2-4-7-20/h2-4,6-11H,5,12-18H2,1H3,(H,23,26). The SMILES string of the molecule is CN1CCN(CCCNC(=O)Cc2ccc(-c3ccccc3)cc2)CC1. The molecule has 1 amide bonds. The number of benzene rings is 2. The highest BCUT2D eigenvalue weighted by molar-refractivity contribution is 5.78. The van der Waals surface area contributed by atoms with Crippen molar-refractivity contribution in [3.63, 3.8) is 0 Å². The highest BCUT2D eigenvalue weighted by Crippen LogP contribution is 2.19. The van der Waals surface area contributed by atoms with Crippen LogP contribution in [0.3, 0.4) is 0 Å². The number of likely N-dealkylation sites (N-methyl/N-ethyl adjacent to an activating group) is 1. The molecule has 1 aliphatic heterocycles. The van der Waals surface area contributed by atoms with Gasteiger partial charge in [0.1, 0.15) is 0 Å². The molecule has 4 heteroatoms. The van der Waals surface area contributed by atoms with Gasteiger partial charge < -0.3 is 15.1 Å². The number of rotatable bonds is 7. The Balaban J connectivity index is 1.37. The van der Waals surface area contributed by atoms with E-state index in [0.29, 0.717) is 6.42 Å². The lowest BCUT2D eigenvalue weighted by Crippen LogP contribution is -2.45. The zero-order valence-corrected chi connectivity index (χ0v) is 15.7. The Morgan fingerprint density at radius 1 is 0.923 bits per heavy atom. The molecule has 0 aromatic heterocycles. The summed E-state index contributed by atoms with van der Waals surface area (Å²) in [4.78, 5) is 17.0. The first-order valence-electron chi connectivity index (χ1n) is 9.53. The maximum absolute atomic E-state index is 12.1. The van der Waals surface area contributed by atoms with Gasteiger partial charge in [-0.2, -0.15) is 0 Å². The van der Waals surface area contributed by atoms with Gasteiger partial charge in [0, 0.05) is 32.7 Å². The van der Waals surface area contributed by atoms with Crippen LogP contribution in [0.15, 0.2) is 54.6 Å². The molecule has 2 aromatic rings. The van der Waals surface area contributed by atoms with E-state index >= 15 is 0 Å². The van der Waals surface area contributed by atoms with Crippen molar-refractivity contribution in [2.75, 3.05) is 46.3 Å². The van der Waals surface area contributed by atoms with E-state index < -0.39 is 0 Å². The van der Waals surface area contributed by atoms with Crippen molar-refractivity contribution in [2.24, 2.45) is 0 Å². The fourth-order valence-corrected chi connectivity index (χ4v) is 3.30. The van der Waals surface area contributed by atoms with E-state index in [1.165, 1.54) is 11.1 Å². The first-order valence-corrected chi connectivity index (χ1v) is 9.53. The van der Waals surface area contributed by atoms with Crippen LogP contribution in [-0.2, 0) is 11.2 Å². The maximum atomic E-state index is 12.1. The number of carbonyl (C=O) groups excluding carboxylic acids is 1. The van der Waals surface area contributed by atoms with Crippen LogP contribution < -0.4 is 5.32 Å². The Labute approximate surface area is 156 Å². The number of hydrogen-bond donors (Lipinski definition) is 1. The Hall–Kier alpha value is -2.17. The first kappa shape index (κ1) is 18.6. The number of nitrogens with zero attached hydrogens (tertiary/aromatic N) is 2. The minimum Gasteiger partial charge on any atom is -0.356 e. The second-order valence-corrected chi connectivity index (χ2v) is 7.09. The van der Waals surface area contributed by atoms with Crippen LogP contribution in [0.25, 0.3) is 11.1 Å². The molecule has 1 saturated heterocycles. The van der Waals surface area contributed by atoms with E-state index in [2.05, 4.69) is 46.4 Å². The van der Waals surface area contributed by atoms with E-state index in [9.17, 15) is 4.79 Å². The van der Waals surface area contributed by atoms with E-state index in [-0.39, 0.29) is 5.91 Å². The molecule has 0 atom stereocenters. The van der Waals surface area contributed by atoms with Crippen LogP contribution >= 0.6 is 0 Å². The topological polar surface area (TPSA) is 35.6 Å². The molecule has 1 heterocycles. The van der Waals surface area contributed by atoms with Crippen molar-refractivity contribution in [1.29, 1.82) is 0 Å². The number of amides is 1. The van der Waals surface area contributed by atoms with Crippen LogP contribution in [0.5, 0.6) is 0 Å². The molecule has 0 unspecified atom stereocenters. The van der Waals surface area contributed by atoms with Crippen molar-refractivity contribution >= 4 is 5.91 Å². The Morgan fingerprint density at radius 2 is 1.58 bits per heavy atom. The summed E-state index contributed by atoms with van der Waals surface area (Å²) in [5.41, 5.74) is 3.44. The van der Waals surface area contributed by atoms with Crippen LogP contribution in [-0.4, -0.2) is 62.0 Å². The molecule has 0 bridgehead atoms. The Kier molecular flexibility index (Phi) is 6.81.